The van der Waals surface area contributed by atoms with Gasteiger partial charge in [0.25, 0.3) is 10.0 Å². The first-order valence-electron chi connectivity index (χ1n) is 6.76. The molecule has 0 amide bonds. The number of benzene rings is 2. The van der Waals surface area contributed by atoms with Crippen LogP contribution in [0.5, 0.6) is 17.2 Å². The smallest absolute Gasteiger partial charge is 0.493 e. The lowest BCUT2D eigenvalue weighted by Crippen LogP contribution is -2.17. The molecule has 136 valence electrons. The number of hydrogen-bond acceptors (Lipinski definition) is 5. The van der Waals surface area contributed by atoms with Crippen molar-refractivity contribution in [1.82, 2.24) is 0 Å². The molecule has 0 fully saturated rings. The first-order chi connectivity index (χ1) is 11.7. The van der Waals surface area contributed by atoms with Gasteiger partial charge in [-0.3, -0.25) is 4.72 Å². The van der Waals surface area contributed by atoms with Crippen LogP contribution in [0.1, 0.15) is 0 Å². The van der Waals surface area contributed by atoms with Crippen LogP contribution in [0, 0.1) is 0 Å². The molecule has 0 aliphatic carbocycles. The highest BCUT2D eigenvalue weighted by molar-refractivity contribution is 7.92. The standard InChI is InChI=1S/C15H14F3NO5S/c1-22-13-5-3-4-12(14(13)23-2)19-25(20,21)11-8-6-10(7-9-11)24-15(16,17)18/h3-9,19H,1-2H3. The van der Waals surface area contributed by atoms with Gasteiger partial charge in [0.15, 0.2) is 11.5 Å². The topological polar surface area (TPSA) is 73.9 Å². The van der Waals surface area contributed by atoms with Crippen molar-refractivity contribution < 1.29 is 35.8 Å². The number of methoxy groups -OCH3 is 2. The molecule has 0 saturated heterocycles. The van der Waals surface area contributed by atoms with Gasteiger partial charge in [0.2, 0.25) is 0 Å². The van der Waals surface area contributed by atoms with Crippen molar-refractivity contribution in [2.75, 3.05) is 18.9 Å². The number of sulfonamides is 1. The van der Waals surface area contributed by atoms with Gasteiger partial charge in [-0.2, -0.15) is 0 Å². The van der Waals surface area contributed by atoms with E-state index < -0.39 is 22.1 Å². The lowest BCUT2D eigenvalue weighted by Gasteiger charge is -2.14. The Labute approximate surface area is 142 Å². The van der Waals surface area contributed by atoms with Gasteiger partial charge in [0.1, 0.15) is 5.75 Å². The van der Waals surface area contributed by atoms with Crippen molar-refractivity contribution in [3.8, 4) is 17.2 Å². The number of nitrogens with one attached hydrogen (secondary N) is 1. The van der Waals surface area contributed by atoms with E-state index in [1.807, 2.05) is 0 Å². The Bertz CT molecular complexity index is 835. The molecule has 0 aliphatic rings. The van der Waals surface area contributed by atoms with Crippen molar-refractivity contribution in [2.45, 2.75) is 11.3 Å². The van der Waals surface area contributed by atoms with E-state index >= 15 is 0 Å². The zero-order valence-corrected chi connectivity index (χ0v) is 13.9. The summed E-state index contributed by atoms with van der Waals surface area (Å²) in [5.41, 5.74) is 0.123. The van der Waals surface area contributed by atoms with Gasteiger partial charge in [-0.15, -0.1) is 13.2 Å². The van der Waals surface area contributed by atoms with Crippen LogP contribution >= 0.6 is 0 Å². The second kappa shape index (κ2) is 7.09. The summed E-state index contributed by atoms with van der Waals surface area (Å²) in [6.45, 7) is 0. The zero-order chi connectivity index (χ0) is 18.7. The Morgan fingerprint density at radius 1 is 0.960 bits per heavy atom. The third-order valence-electron chi connectivity index (χ3n) is 3.01. The number of ether oxygens (including phenoxy) is 3. The lowest BCUT2D eigenvalue weighted by molar-refractivity contribution is -0.274. The minimum Gasteiger partial charge on any atom is -0.493 e. The predicted octanol–water partition coefficient (Wildman–Crippen LogP) is 3.40. The highest BCUT2D eigenvalue weighted by Gasteiger charge is 2.31. The Hall–Kier alpha value is -2.62. The van der Waals surface area contributed by atoms with E-state index in [-0.39, 0.29) is 16.3 Å². The molecule has 2 aromatic carbocycles. The average Bonchev–Trinajstić information content (AvgIpc) is 2.53. The molecule has 1 N–H and O–H groups in total. The van der Waals surface area contributed by atoms with Crippen LogP contribution in [0.15, 0.2) is 47.4 Å². The Morgan fingerprint density at radius 3 is 2.12 bits per heavy atom. The van der Waals surface area contributed by atoms with Crippen molar-refractivity contribution >= 4 is 15.7 Å². The maximum atomic E-state index is 12.4. The molecule has 0 saturated carbocycles. The summed E-state index contributed by atoms with van der Waals surface area (Å²) in [4.78, 5) is -0.244. The van der Waals surface area contributed by atoms with Crippen LogP contribution < -0.4 is 18.9 Å². The number of hydrogen-bond donors (Lipinski definition) is 1. The molecule has 0 spiro atoms. The van der Waals surface area contributed by atoms with Crippen molar-refractivity contribution in [3.05, 3.63) is 42.5 Å². The fourth-order valence-corrected chi connectivity index (χ4v) is 3.05. The largest absolute Gasteiger partial charge is 0.573 e. The monoisotopic (exact) mass is 377 g/mol. The number of halogens is 3. The molecule has 10 heteroatoms. The number of alkyl halides is 3. The second-order valence-corrected chi connectivity index (χ2v) is 6.35. The maximum Gasteiger partial charge on any atom is 0.573 e. The fourth-order valence-electron chi connectivity index (χ4n) is 1.99. The van der Waals surface area contributed by atoms with Crippen molar-refractivity contribution in [1.29, 1.82) is 0 Å². The van der Waals surface area contributed by atoms with E-state index in [4.69, 9.17) is 9.47 Å². The van der Waals surface area contributed by atoms with Crippen LogP contribution in [0.3, 0.4) is 0 Å². The van der Waals surface area contributed by atoms with Crippen LogP contribution in [0.25, 0.3) is 0 Å². The van der Waals surface area contributed by atoms with E-state index in [0.717, 1.165) is 24.3 Å². The summed E-state index contributed by atoms with van der Waals surface area (Å²) >= 11 is 0. The average molecular weight is 377 g/mol. The van der Waals surface area contributed by atoms with Crippen molar-refractivity contribution in [3.63, 3.8) is 0 Å². The molecule has 25 heavy (non-hydrogen) atoms. The molecule has 2 rings (SSSR count). The van der Waals surface area contributed by atoms with Crippen LogP contribution in [0.2, 0.25) is 0 Å². The molecule has 0 radical (unpaired) electrons. The highest BCUT2D eigenvalue weighted by atomic mass is 32.2. The number of anilines is 1. The quantitative estimate of drug-likeness (QED) is 0.835. The second-order valence-electron chi connectivity index (χ2n) is 4.67. The maximum absolute atomic E-state index is 12.4. The van der Waals surface area contributed by atoms with Gasteiger partial charge in [-0.05, 0) is 36.4 Å². The minimum atomic E-state index is -4.85. The van der Waals surface area contributed by atoms with Crippen LogP contribution in [-0.4, -0.2) is 29.0 Å². The molecule has 0 bridgehead atoms. The normalized spacial score (nSPS) is 11.7. The predicted molar refractivity (Wildman–Crippen MR) is 83.5 cm³/mol. The van der Waals surface area contributed by atoms with Gasteiger partial charge in [-0.1, -0.05) is 6.07 Å². The van der Waals surface area contributed by atoms with Gasteiger partial charge >= 0.3 is 6.36 Å². The van der Waals surface area contributed by atoms with Gasteiger partial charge in [0.05, 0.1) is 24.8 Å². The Kier molecular flexibility index (Phi) is 5.31. The molecular weight excluding hydrogens is 363 g/mol. The van der Waals surface area contributed by atoms with E-state index in [9.17, 15) is 21.6 Å². The first kappa shape index (κ1) is 18.7. The lowest BCUT2D eigenvalue weighted by atomic mass is 10.3. The fraction of sp³-hybridized carbons (Fsp3) is 0.200. The molecule has 6 nitrogen and oxygen atoms in total. The minimum absolute atomic E-state index is 0.123. The third kappa shape index (κ3) is 4.69. The number of rotatable bonds is 6. The number of para-hydroxylation sites is 1. The van der Waals surface area contributed by atoms with Gasteiger partial charge in [-0.25, -0.2) is 8.42 Å². The molecule has 2 aromatic rings. The Morgan fingerprint density at radius 2 is 1.60 bits per heavy atom. The van der Waals surface area contributed by atoms with E-state index in [0.29, 0.717) is 5.75 Å². The summed E-state index contributed by atoms with van der Waals surface area (Å²) < 4.78 is 77.4. The van der Waals surface area contributed by atoms with Gasteiger partial charge in [0, 0.05) is 0 Å². The Balaban J connectivity index is 2.28. The first-order valence-corrected chi connectivity index (χ1v) is 8.24. The van der Waals surface area contributed by atoms with Gasteiger partial charge < -0.3 is 14.2 Å². The highest BCUT2D eigenvalue weighted by Crippen LogP contribution is 2.36. The summed E-state index contributed by atoms with van der Waals surface area (Å²) in [5.74, 6) is -0.0346. The molecule has 0 heterocycles. The molecule has 0 atom stereocenters. The summed E-state index contributed by atoms with van der Waals surface area (Å²) in [6.07, 6.45) is -4.85. The zero-order valence-electron chi connectivity index (χ0n) is 13.1. The molecule has 0 unspecified atom stereocenters. The van der Waals surface area contributed by atoms with Crippen molar-refractivity contribution in [2.24, 2.45) is 0 Å². The SMILES string of the molecule is COc1cccc(NS(=O)(=O)c2ccc(OC(F)(F)F)cc2)c1OC. The van der Waals surface area contributed by atoms with E-state index in [2.05, 4.69) is 9.46 Å². The van der Waals surface area contributed by atoms with Crippen LogP contribution in [0.4, 0.5) is 18.9 Å². The molecular formula is C15H14F3NO5S. The molecule has 0 aromatic heterocycles. The van der Waals surface area contributed by atoms with Crippen LogP contribution in [-0.2, 0) is 10.0 Å². The summed E-state index contributed by atoms with van der Waals surface area (Å²) in [7, 11) is -1.31. The molecule has 0 aliphatic heterocycles. The van der Waals surface area contributed by atoms with E-state index in [1.54, 1.807) is 12.1 Å². The third-order valence-corrected chi connectivity index (χ3v) is 4.40. The van der Waals surface area contributed by atoms with E-state index in [1.165, 1.54) is 20.3 Å². The summed E-state index contributed by atoms with van der Waals surface area (Å²) in [6, 6.07) is 8.40. The summed E-state index contributed by atoms with van der Waals surface area (Å²) in [5, 5.41) is 0.